The molecule has 0 aromatic heterocycles. The SMILES string of the molecule is COC(=O)CCN(Cc1ccccc1)C(=O)c1ccc(S(=O)(=O)N(C)C(C)C)cc1. The molecule has 7 nitrogen and oxygen atoms in total. The van der Waals surface area contributed by atoms with E-state index in [4.69, 9.17) is 0 Å². The number of sulfonamides is 1. The summed E-state index contributed by atoms with van der Waals surface area (Å²) in [5.41, 5.74) is 1.27. The zero-order chi connectivity index (χ0) is 22.3. The smallest absolute Gasteiger partial charge is 0.307 e. The topological polar surface area (TPSA) is 84.0 Å². The Labute approximate surface area is 178 Å². The average molecular weight is 433 g/mol. The van der Waals surface area contributed by atoms with Crippen LogP contribution in [0.2, 0.25) is 0 Å². The van der Waals surface area contributed by atoms with Crippen molar-refractivity contribution in [3.63, 3.8) is 0 Å². The van der Waals surface area contributed by atoms with Gasteiger partial charge in [-0.05, 0) is 43.7 Å². The maximum absolute atomic E-state index is 13.1. The van der Waals surface area contributed by atoms with Crippen LogP contribution in [0.5, 0.6) is 0 Å². The normalized spacial score (nSPS) is 11.5. The first kappa shape index (κ1) is 23.6. The molecule has 0 bridgehead atoms. The molecule has 0 fully saturated rings. The van der Waals surface area contributed by atoms with Gasteiger partial charge in [0.2, 0.25) is 10.0 Å². The van der Waals surface area contributed by atoms with Gasteiger partial charge in [0, 0.05) is 31.7 Å². The minimum absolute atomic E-state index is 0.0702. The lowest BCUT2D eigenvalue weighted by molar-refractivity contribution is -0.140. The predicted molar refractivity (Wildman–Crippen MR) is 114 cm³/mol. The molecule has 0 atom stereocenters. The minimum atomic E-state index is -3.63. The molecule has 0 saturated heterocycles. The lowest BCUT2D eigenvalue weighted by Crippen LogP contribution is -2.34. The van der Waals surface area contributed by atoms with Crippen LogP contribution >= 0.6 is 0 Å². The van der Waals surface area contributed by atoms with Crippen molar-refractivity contribution in [3.8, 4) is 0 Å². The summed E-state index contributed by atoms with van der Waals surface area (Å²) in [7, 11) is -0.801. The summed E-state index contributed by atoms with van der Waals surface area (Å²) in [6.45, 7) is 4.10. The number of hydrogen-bond acceptors (Lipinski definition) is 5. The Bertz CT molecular complexity index is 957. The lowest BCUT2D eigenvalue weighted by Gasteiger charge is -2.23. The number of rotatable bonds is 9. The van der Waals surface area contributed by atoms with Crippen LogP contribution in [-0.4, -0.2) is 56.2 Å². The molecule has 0 unspecified atom stereocenters. The number of carbonyl (C=O) groups excluding carboxylic acids is 2. The van der Waals surface area contributed by atoms with E-state index in [9.17, 15) is 18.0 Å². The summed E-state index contributed by atoms with van der Waals surface area (Å²) in [6, 6.07) is 15.1. The fourth-order valence-corrected chi connectivity index (χ4v) is 4.15. The number of nitrogens with zero attached hydrogens (tertiary/aromatic N) is 2. The van der Waals surface area contributed by atoms with Crippen molar-refractivity contribution in [1.29, 1.82) is 0 Å². The van der Waals surface area contributed by atoms with E-state index in [-0.39, 0.29) is 29.8 Å². The van der Waals surface area contributed by atoms with Gasteiger partial charge < -0.3 is 9.64 Å². The van der Waals surface area contributed by atoms with E-state index < -0.39 is 16.0 Å². The third-order valence-electron chi connectivity index (χ3n) is 4.82. The Kier molecular flexibility index (Phi) is 8.14. The van der Waals surface area contributed by atoms with E-state index in [1.165, 1.54) is 42.7 Å². The van der Waals surface area contributed by atoms with Crippen LogP contribution in [0.3, 0.4) is 0 Å². The molecule has 2 rings (SSSR count). The highest BCUT2D eigenvalue weighted by Crippen LogP contribution is 2.19. The maximum atomic E-state index is 13.1. The second kappa shape index (κ2) is 10.4. The van der Waals surface area contributed by atoms with Crippen molar-refractivity contribution >= 4 is 21.9 Å². The number of esters is 1. The highest BCUT2D eigenvalue weighted by atomic mass is 32.2. The molecule has 0 aliphatic rings. The quantitative estimate of drug-likeness (QED) is 0.569. The number of methoxy groups -OCH3 is 1. The molecular formula is C22H28N2O5S. The number of ether oxygens (including phenoxy) is 1. The summed E-state index contributed by atoms with van der Waals surface area (Å²) < 4.78 is 31.2. The maximum Gasteiger partial charge on any atom is 0.307 e. The molecule has 0 spiro atoms. The lowest BCUT2D eigenvalue weighted by atomic mass is 10.1. The van der Waals surface area contributed by atoms with E-state index in [0.29, 0.717) is 12.1 Å². The molecule has 0 saturated carbocycles. The Hall–Kier alpha value is -2.71. The first-order valence-electron chi connectivity index (χ1n) is 9.65. The molecule has 0 N–H and O–H groups in total. The van der Waals surface area contributed by atoms with Gasteiger partial charge in [0.25, 0.3) is 5.91 Å². The standard InChI is InChI=1S/C22H28N2O5S/c1-17(2)23(3)30(27,28)20-12-10-19(11-13-20)22(26)24(15-14-21(25)29-4)16-18-8-6-5-7-9-18/h5-13,17H,14-16H2,1-4H3. The molecule has 0 aliphatic heterocycles. The molecule has 0 aliphatic carbocycles. The van der Waals surface area contributed by atoms with Gasteiger partial charge in [-0.15, -0.1) is 0 Å². The van der Waals surface area contributed by atoms with E-state index in [2.05, 4.69) is 4.74 Å². The number of benzene rings is 2. The monoisotopic (exact) mass is 432 g/mol. The summed E-state index contributed by atoms with van der Waals surface area (Å²) in [5, 5.41) is 0. The highest BCUT2D eigenvalue weighted by Gasteiger charge is 2.24. The van der Waals surface area contributed by atoms with E-state index in [1.807, 2.05) is 30.3 Å². The zero-order valence-electron chi connectivity index (χ0n) is 17.7. The van der Waals surface area contributed by atoms with Crippen molar-refractivity contribution in [3.05, 3.63) is 65.7 Å². The average Bonchev–Trinajstić information content (AvgIpc) is 2.75. The molecule has 8 heteroatoms. The van der Waals surface area contributed by atoms with Crippen molar-refractivity contribution in [2.75, 3.05) is 20.7 Å². The Morgan fingerprint density at radius 2 is 1.60 bits per heavy atom. The van der Waals surface area contributed by atoms with Gasteiger partial charge in [0.05, 0.1) is 18.4 Å². The number of hydrogen-bond donors (Lipinski definition) is 0. The van der Waals surface area contributed by atoms with Crippen LogP contribution in [0.15, 0.2) is 59.5 Å². The third-order valence-corrected chi connectivity index (χ3v) is 6.87. The Morgan fingerprint density at radius 3 is 2.13 bits per heavy atom. The van der Waals surface area contributed by atoms with Crippen molar-refractivity contribution in [2.45, 2.75) is 37.8 Å². The summed E-state index contributed by atoms with van der Waals surface area (Å²) >= 11 is 0. The summed E-state index contributed by atoms with van der Waals surface area (Å²) in [6.07, 6.45) is 0.0702. The van der Waals surface area contributed by atoms with E-state index in [0.717, 1.165) is 5.56 Å². The summed E-state index contributed by atoms with van der Waals surface area (Å²) in [5.74, 6) is -0.692. The summed E-state index contributed by atoms with van der Waals surface area (Å²) in [4.78, 5) is 26.3. The van der Waals surface area contributed by atoms with Gasteiger partial charge in [-0.1, -0.05) is 30.3 Å². The molecular weight excluding hydrogens is 404 g/mol. The molecule has 30 heavy (non-hydrogen) atoms. The second-order valence-corrected chi connectivity index (χ2v) is 9.18. The van der Waals surface area contributed by atoms with Gasteiger partial charge in [-0.25, -0.2) is 8.42 Å². The fourth-order valence-electron chi connectivity index (χ4n) is 2.78. The van der Waals surface area contributed by atoms with Gasteiger partial charge in [0.15, 0.2) is 0 Å². The molecule has 2 aromatic rings. The zero-order valence-corrected chi connectivity index (χ0v) is 18.6. The molecule has 0 heterocycles. The number of amides is 1. The van der Waals surface area contributed by atoms with Crippen LogP contribution in [0.25, 0.3) is 0 Å². The predicted octanol–water partition coefficient (Wildman–Crippen LogP) is 2.92. The van der Waals surface area contributed by atoms with Crippen LogP contribution in [0, 0.1) is 0 Å². The van der Waals surface area contributed by atoms with Crippen LogP contribution in [0.1, 0.15) is 36.2 Å². The van der Waals surface area contributed by atoms with Gasteiger partial charge in [-0.2, -0.15) is 4.31 Å². The Balaban J connectivity index is 2.25. The Morgan fingerprint density at radius 1 is 1.00 bits per heavy atom. The van der Waals surface area contributed by atoms with E-state index >= 15 is 0 Å². The molecule has 0 radical (unpaired) electrons. The first-order chi connectivity index (χ1) is 14.2. The molecule has 162 valence electrons. The van der Waals surface area contributed by atoms with Gasteiger partial charge >= 0.3 is 5.97 Å². The van der Waals surface area contributed by atoms with Crippen LogP contribution in [-0.2, 0) is 26.1 Å². The van der Waals surface area contributed by atoms with Crippen LogP contribution in [0.4, 0.5) is 0 Å². The largest absolute Gasteiger partial charge is 0.469 e. The van der Waals surface area contributed by atoms with Gasteiger partial charge in [0.1, 0.15) is 0 Å². The second-order valence-electron chi connectivity index (χ2n) is 7.18. The van der Waals surface area contributed by atoms with Crippen LogP contribution < -0.4 is 0 Å². The van der Waals surface area contributed by atoms with Crippen molar-refractivity contribution in [2.24, 2.45) is 0 Å². The first-order valence-corrected chi connectivity index (χ1v) is 11.1. The van der Waals surface area contributed by atoms with Gasteiger partial charge in [-0.3, -0.25) is 9.59 Å². The number of carbonyl (C=O) groups is 2. The molecule has 1 amide bonds. The van der Waals surface area contributed by atoms with Crippen molar-refractivity contribution < 1.29 is 22.7 Å². The highest BCUT2D eigenvalue weighted by molar-refractivity contribution is 7.89. The fraction of sp³-hybridized carbons (Fsp3) is 0.364. The van der Waals surface area contributed by atoms with Crippen molar-refractivity contribution in [1.82, 2.24) is 9.21 Å². The third kappa shape index (κ3) is 5.90. The van der Waals surface area contributed by atoms with E-state index in [1.54, 1.807) is 18.7 Å². The minimum Gasteiger partial charge on any atom is -0.469 e. The molecule has 2 aromatic carbocycles.